The molecule has 100 valence electrons. The molecule has 0 radical (unpaired) electrons. The molecule has 0 N–H and O–H groups in total. The molecule has 0 saturated carbocycles. The van der Waals surface area contributed by atoms with Crippen LogP contribution in [0.5, 0.6) is 0 Å². The average Bonchev–Trinajstić information content (AvgIpc) is 2.53. The highest BCUT2D eigenvalue weighted by Crippen LogP contribution is 2.32. The summed E-state index contributed by atoms with van der Waals surface area (Å²) < 4.78 is 0. The van der Waals surface area contributed by atoms with Crippen molar-refractivity contribution in [3.63, 3.8) is 0 Å². The van der Waals surface area contributed by atoms with Gasteiger partial charge in [0.05, 0.1) is 10.1 Å². The first kappa shape index (κ1) is 14.6. The minimum absolute atomic E-state index is 0.120. The highest BCUT2D eigenvalue weighted by Gasteiger charge is 2.08. The lowest BCUT2D eigenvalue weighted by molar-refractivity contribution is 0.104. The first-order chi connectivity index (χ1) is 9.63. The summed E-state index contributed by atoms with van der Waals surface area (Å²) in [6.45, 7) is 3.46. The fraction of sp³-hybridized carbons (Fsp3) is 0. The standard InChI is InChI=1S/C17H12Cl2O/c1-2-15(20)12-8-10-14(11-9-12)17(19)16(18)13-6-4-3-5-7-13/h2-11H,1H2. The van der Waals surface area contributed by atoms with E-state index >= 15 is 0 Å². The average molecular weight is 303 g/mol. The monoisotopic (exact) mass is 302 g/mol. The van der Waals surface area contributed by atoms with E-state index in [1.807, 2.05) is 30.3 Å². The Labute approximate surface area is 128 Å². The molecule has 0 heterocycles. The number of benzene rings is 2. The number of hydrogen-bond donors (Lipinski definition) is 0. The van der Waals surface area contributed by atoms with Crippen molar-refractivity contribution >= 4 is 39.0 Å². The molecular weight excluding hydrogens is 291 g/mol. The SMILES string of the molecule is C=CC(=O)c1ccc(C(Cl)=C(Cl)c2ccccc2)cc1. The molecule has 0 aliphatic carbocycles. The van der Waals surface area contributed by atoms with Crippen LogP contribution in [-0.2, 0) is 0 Å². The number of rotatable bonds is 4. The van der Waals surface area contributed by atoms with Crippen LogP contribution in [0.25, 0.3) is 10.1 Å². The van der Waals surface area contributed by atoms with E-state index in [4.69, 9.17) is 23.2 Å². The highest BCUT2D eigenvalue weighted by atomic mass is 35.5. The summed E-state index contributed by atoms with van der Waals surface area (Å²) in [5, 5.41) is 0.936. The molecule has 0 saturated heterocycles. The zero-order chi connectivity index (χ0) is 14.5. The smallest absolute Gasteiger partial charge is 0.185 e. The van der Waals surface area contributed by atoms with Gasteiger partial charge in [-0.3, -0.25) is 4.79 Å². The largest absolute Gasteiger partial charge is 0.289 e. The van der Waals surface area contributed by atoms with E-state index in [9.17, 15) is 4.79 Å². The lowest BCUT2D eigenvalue weighted by Gasteiger charge is -2.05. The van der Waals surface area contributed by atoms with E-state index in [0.717, 1.165) is 11.1 Å². The number of carbonyl (C=O) groups is 1. The van der Waals surface area contributed by atoms with Gasteiger partial charge >= 0.3 is 0 Å². The van der Waals surface area contributed by atoms with Crippen LogP contribution < -0.4 is 0 Å². The van der Waals surface area contributed by atoms with Gasteiger partial charge in [0, 0.05) is 5.56 Å². The summed E-state index contributed by atoms with van der Waals surface area (Å²) in [5.74, 6) is -0.120. The summed E-state index contributed by atoms with van der Waals surface area (Å²) in [6.07, 6.45) is 1.28. The molecule has 0 unspecified atom stereocenters. The number of halogens is 2. The van der Waals surface area contributed by atoms with E-state index in [2.05, 4.69) is 6.58 Å². The Morgan fingerprint density at radius 1 is 0.800 bits per heavy atom. The van der Waals surface area contributed by atoms with Gasteiger partial charge in [-0.05, 0) is 17.2 Å². The number of allylic oxidation sites excluding steroid dienone is 1. The van der Waals surface area contributed by atoms with Crippen LogP contribution in [-0.4, -0.2) is 5.78 Å². The van der Waals surface area contributed by atoms with Crippen LogP contribution in [0.15, 0.2) is 67.3 Å². The van der Waals surface area contributed by atoms with E-state index in [1.54, 1.807) is 24.3 Å². The Morgan fingerprint density at radius 3 is 1.75 bits per heavy atom. The second-order valence-electron chi connectivity index (χ2n) is 4.14. The van der Waals surface area contributed by atoms with Crippen molar-refractivity contribution in [2.24, 2.45) is 0 Å². The van der Waals surface area contributed by atoms with Gasteiger partial charge in [0.15, 0.2) is 5.78 Å². The van der Waals surface area contributed by atoms with Crippen molar-refractivity contribution in [1.29, 1.82) is 0 Å². The maximum absolute atomic E-state index is 11.5. The first-order valence-corrected chi connectivity index (χ1v) is 6.77. The summed E-state index contributed by atoms with van der Waals surface area (Å²) in [7, 11) is 0. The van der Waals surface area contributed by atoms with Gasteiger partial charge in [-0.25, -0.2) is 0 Å². The van der Waals surface area contributed by atoms with E-state index in [-0.39, 0.29) is 5.78 Å². The van der Waals surface area contributed by atoms with Crippen molar-refractivity contribution in [2.75, 3.05) is 0 Å². The van der Waals surface area contributed by atoms with Gasteiger partial charge in [-0.2, -0.15) is 0 Å². The molecule has 0 amide bonds. The first-order valence-electron chi connectivity index (χ1n) is 6.01. The third kappa shape index (κ3) is 3.19. The summed E-state index contributed by atoms with van der Waals surface area (Å²) in [4.78, 5) is 11.5. The van der Waals surface area contributed by atoms with Crippen LogP contribution >= 0.6 is 23.2 Å². The lowest BCUT2D eigenvalue weighted by atomic mass is 10.1. The van der Waals surface area contributed by atoms with Gasteiger partial charge in [0.25, 0.3) is 0 Å². The molecular formula is C17H12Cl2O. The van der Waals surface area contributed by atoms with Gasteiger partial charge in [0.1, 0.15) is 0 Å². The molecule has 0 aliphatic rings. The third-order valence-electron chi connectivity index (χ3n) is 2.83. The van der Waals surface area contributed by atoms with Gasteiger partial charge in [-0.15, -0.1) is 0 Å². The number of ketones is 1. The van der Waals surface area contributed by atoms with Crippen LogP contribution in [0.3, 0.4) is 0 Å². The summed E-state index contributed by atoms with van der Waals surface area (Å²) in [5.41, 5.74) is 2.19. The lowest BCUT2D eigenvalue weighted by Crippen LogP contribution is -1.93. The van der Waals surface area contributed by atoms with Crippen molar-refractivity contribution < 1.29 is 4.79 Å². The molecule has 20 heavy (non-hydrogen) atoms. The normalized spacial score (nSPS) is 11.7. The molecule has 1 nitrogen and oxygen atoms in total. The second kappa shape index (κ2) is 6.56. The molecule has 2 aromatic rings. The van der Waals surface area contributed by atoms with Crippen LogP contribution in [0, 0.1) is 0 Å². The van der Waals surface area contributed by atoms with Crippen molar-refractivity contribution in [2.45, 2.75) is 0 Å². The summed E-state index contributed by atoms with van der Waals surface area (Å²) in [6, 6.07) is 16.4. The van der Waals surface area contributed by atoms with Gasteiger partial charge in [0.2, 0.25) is 0 Å². The van der Waals surface area contributed by atoms with Crippen LogP contribution in [0.2, 0.25) is 0 Å². The Morgan fingerprint density at radius 2 is 1.25 bits per heavy atom. The second-order valence-corrected chi connectivity index (χ2v) is 4.90. The zero-order valence-electron chi connectivity index (χ0n) is 10.6. The quantitative estimate of drug-likeness (QED) is 0.422. The molecule has 0 atom stereocenters. The topological polar surface area (TPSA) is 17.1 Å². The van der Waals surface area contributed by atoms with E-state index in [1.165, 1.54) is 6.08 Å². The Hall–Kier alpha value is -1.83. The fourth-order valence-electron chi connectivity index (χ4n) is 1.74. The Bertz CT molecular complexity index is 655. The molecule has 0 aromatic heterocycles. The Balaban J connectivity index is 2.36. The Kier molecular flexibility index (Phi) is 4.78. The van der Waals surface area contributed by atoms with E-state index in [0.29, 0.717) is 15.6 Å². The minimum Gasteiger partial charge on any atom is -0.289 e. The van der Waals surface area contributed by atoms with Gasteiger partial charge < -0.3 is 0 Å². The predicted octanol–water partition coefficient (Wildman–Crippen LogP) is 5.36. The number of carbonyl (C=O) groups excluding carboxylic acids is 1. The molecule has 0 aliphatic heterocycles. The molecule has 3 heteroatoms. The third-order valence-corrected chi connectivity index (χ3v) is 3.74. The van der Waals surface area contributed by atoms with E-state index < -0.39 is 0 Å². The molecule has 2 rings (SSSR count). The zero-order valence-corrected chi connectivity index (χ0v) is 12.2. The van der Waals surface area contributed by atoms with Crippen LogP contribution in [0.1, 0.15) is 21.5 Å². The predicted molar refractivity (Wildman–Crippen MR) is 85.9 cm³/mol. The number of hydrogen-bond acceptors (Lipinski definition) is 1. The minimum atomic E-state index is -0.120. The highest BCUT2D eigenvalue weighted by molar-refractivity contribution is 6.65. The molecule has 2 aromatic carbocycles. The molecule has 0 fully saturated rings. The van der Waals surface area contributed by atoms with Crippen LogP contribution in [0.4, 0.5) is 0 Å². The molecule has 0 bridgehead atoms. The molecule has 0 spiro atoms. The van der Waals surface area contributed by atoms with Crippen molar-refractivity contribution in [3.05, 3.63) is 83.9 Å². The maximum atomic E-state index is 11.5. The maximum Gasteiger partial charge on any atom is 0.185 e. The van der Waals surface area contributed by atoms with Crippen molar-refractivity contribution in [1.82, 2.24) is 0 Å². The summed E-state index contributed by atoms with van der Waals surface area (Å²) >= 11 is 12.6. The van der Waals surface area contributed by atoms with Gasteiger partial charge in [-0.1, -0.05) is 84.4 Å². The fourth-order valence-corrected chi connectivity index (χ4v) is 2.21. The van der Waals surface area contributed by atoms with Crippen molar-refractivity contribution in [3.8, 4) is 0 Å².